The quantitative estimate of drug-likeness (QED) is 0.561. The number of ether oxygens (including phenoxy) is 1. The Kier molecular flexibility index (Phi) is 5.40. The minimum Gasteiger partial charge on any atom is -0.466 e. The predicted molar refractivity (Wildman–Crippen MR) is 115 cm³/mol. The molecule has 1 atom stereocenters. The number of rotatable bonds is 3. The highest BCUT2D eigenvalue weighted by molar-refractivity contribution is 7.07. The van der Waals surface area contributed by atoms with E-state index in [2.05, 4.69) is 10.1 Å². The van der Waals surface area contributed by atoms with Gasteiger partial charge < -0.3 is 4.74 Å². The summed E-state index contributed by atoms with van der Waals surface area (Å²) >= 11 is 7.23. The van der Waals surface area contributed by atoms with Crippen molar-refractivity contribution >= 4 is 35.0 Å². The van der Waals surface area contributed by atoms with Gasteiger partial charge in [-0.3, -0.25) is 14.0 Å². The first-order chi connectivity index (χ1) is 14.7. The standard InChI is InChI=1S/C21H18ClFN4O3S/c1-10-17(20(29)30-4)18(13-9-24-26(3)11(13)2)27-19(28)16(31-21(27)25-10)8-12-14(22)6-5-7-15(12)23/h5-9,18H,1-4H3/b16-8+/t18-/m0/s1. The monoisotopic (exact) mass is 460 g/mol. The van der Waals surface area contributed by atoms with Gasteiger partial charge in [0.05, 0.1) is 34.1 Å². The number of thiazole rings is 1. The Morgan fingerprint density at radius 1 is 1.35 bits per heavy atom. The molecule has 10 heteroatoms. The number of allylic oxidation sites excluding steroid dienone is 1. The van der Waals surface area contributed by atoms with Crippen molar-refractivity contribution < 1.29 is 13.9 Å². The molecule has 1 aliphatic heterocycles. The van der Waals surface area contributed by atoms with Crippen LogP contribution in [-0.2, 0) is 16.6 Å². The normalized spacial score (nSPS) is 16.3. The van der Waals surface area contributed by atoms with E-state index < -0.39 is 23.4 Å². The van der Waals surface area contributed by atoms with E-state index in [1.807, 2.05) is 6.92 Å². The van der Waals surface area contributed by atoms with Gasteiger partial charge in [-0.2, -0.15) is 5.10 Å². The number of aryl methyl sites for hydroxylation is 1. The molecule has 0 saturated heterocycles. The molecule has 0 N–H and O–H groups in total. The first-order valence-electron chi connectivity index (χ1n) is 9.28. The number of carbonyl (C=O) groups excluding carboxylic acids is 1. The molecule has 4 rings (SSSR count). The summed E-state index contributed by atoms with van der Waals surface area (Å²) in [4.78, 5) is 30.9. The molecule has 0 saturated carbocycles. The predicted octanol–water partition coefficient (Wildman–Crippen LogP) is 2.24. The van der Waals surface area contributed by atoms with Gasteiger partial charge in [0.25, 0.3) is 5.56 Å². The fourth-order valence-electron chi connectivity index (χ4n) is 3.55. The van der Waals surface area contributed by atoms with Gasteiger partial charge in [0, 0.05) is 23.9 Å². The molecule has 0 aliphatic carbocycles. The third kappa shape index (κ3) is 3.43. The molecule has 0 radical (unpaired) electrons. The van der Waals surface area contributed by atoms with Crippen molar-refractivity contribution in [2.45, 2.75) is 19.9 Å². The van der Waals surface area contributed by atoms with E-state index in [0.29, 0.717) is 16.1 Å². The number of benzene rings is 1. The van der Waals surface area contributed by atoms with E-state index in [1.165, 1.54) is 29.9 Å². The molecular formula is C21H18ClFN4O3S. The molecule has 0 amide bonds. The van der Waals surface area contributed by atoms with Gasteiger partial charge in [-0.25, -0.2) is 14.2 Å². The lowest BCUT2D eigenvalue weighted by Gasteiger charge is -2.23. The van der Waals surface area contributed by atoms with Crippen molar-refractivity contribution in [1.82, 2.24) is 14.3 Å². The SMILES string of the molecule is COC(=O)C1=C(C)N=c2s/c(=C/c3c(F)cccc3Cl)c(=O)n2[C@H]1c1cnn(C)c1C. The molecule has 1 aromatic carbocycles. The fourth-order valence-corrected chi connectivity index (χ4v) is 4.80. The van der Waals surface area contributed by atoms with Crippen molar-refractivity contribution in [3.05, 3.63) is 83.0 Å². The number of aromatic nitrogens is 3. The van der Waals surface area contributed by atoms with Crippen LogP contribution in [0.2, 0.25) is 5.02 Å². The second kappa shape index (κ2) is 7.90. The Morgan fingerprint density at radius 2 is 2.10 bits per heavy atom. The van der Waals surface area contributed by atoms with Crippen molar-refractivity contribution in [3.63, 3.8) is 0 Å². The van der Waals surface area contributed by atoms with Gasteiger partial charge in [-0.1, -0.05) is 29.0 Å². The summed E-state index contributed by atoms with van der Waals surface area (Å²) in [5.41, 5.74) is 1.86. The first kappa shape index (κ1) is 21.2. The van der Waals surface area contributed by atoms with Gasteiger partial charge in [0.2, 0.25) is 0 Å². The lowest BCUT2D eigenvalue weighted by atomic mass is 9.96. The van der Waals surface area contributed by atoms with E-state index in [1.54, 1.807) is 30.9 Å². The minimum absolute atomic E-state index is 0.118. The molecule has 0 spiro atoms. The molecule has 0 fully saturated rings. The van der Waals surface area contributed by atoms with Gasteiger partial charge in [-0.15, -0.1) is 0 Å². The average Bonchev–Trinajstić information content (AvgIpc) is 3.22. The van der Waals surface area contributed by atoms with Gasteiger partial charge >= 0.3 is 5.97 Å². The molecule has 3 aromatic rings. The summed E-state index contributed by atoms with van der Waals surface area (Å²) < 4.78 is 22.6. The average molecular weight is 461 g/mol. The second-order valence-electron chi connectivity index (χ2n) is 7.02. The van der Waals surface area contributed by atoms with E-state index in [4.69, 9.17) is 16.3 Å². The third-order valence-electron chi connectivity index (χ3n) is 5.27. The molecular weight excluding hydrogens is 443 g/mol. The molecule has 0 bridgehead atoms. The smallest absolute Gasteiger partial charge is 0.338 e. The van der Waals surface area contributed by atoms with E-state index in [9.17, 15) is 14.0 Å². The molecule has 0 unspecified atom stereocenters. The van der Waals surface area contributed by atoms with Gasteiger partial charge in [0.1, 0.15) is 11.9 Å². The van der Waals surface area contributed by atoms with Crippen molar-refractivity contribution in [1.29, 1.82) is 0 Å². The number of halogens is 2. The molecule has 31 heavy (non-hydrogen) atoms. The minimum atomic E-state index is -0.768. The van der Waals surface area contributed by atoms with Gasteiger partial charge in [0.15, 0.2) is 4.80 Å². The fraction of sp³-hybridized carbons (Fsp3) is 0.238. The number of esters is 1. The Labute approximate surface area is 185 Å². The Morgan fingerprint density at radius 3 is 2.71 bits per heavy atom. The number of carbonyl (C=O) groups is 1. The zero-order valence-corrected chi connectivity index (χ0v) is 18.7. The Bertz CT molecular complexity index is 1410. The summed E-state index contributed by atoms with van der Waals surface area (Å²) in [6.07, 6.45) is 3.03. The summed E-state index contributed by atoms with van der Waals surface area (Å²) in [5.74, 6) is -1.12. The van der Waals surface area contributed by atoms with Crippen LogP contribution < -0.4 is 14.9 Å². The molecule has 3 heterocycles. The van der Waals surface area contributed by atoms with Crippen molar-refractivity contribution in [2.24, 2.45) is 12.0 Å². The summed E-state index contributed by atoms with van der Waals surface area (Å²) in [6.45, 7) is 3.54. The Balaban J connectivity index is 2.04. The maximum atomic E-state index is 14.3. The number of nitrogens with zero attached hydrogens (tertiary/aromatic N) is 4. The topological polar surface area (TPSA) is 78.5 Å². The maximum absolute atomic E-state index is 14.3. The van der Waals surface area contributed by atoms with Crippen LogP contribution in [0.3, 0.4) is 0 Å². The van der Waals surface area contributed by atoms with Crippen LogP contribution in [0.15, 0.2) is 45.5 Å². The third-order valence-corrected chi connectivity index (χ3v) is 6.58. The van der Waals surface area contributed by atoms with Crippen LogP contribution in [0.25, 0.3) is 6.08 Å². The van der Waals surface area contributed by atoms with Crippen LogP contribution in [-0.4, -0.2) is 27.4 Å². The summed E-state index contributed by atoms with van der Waals surface area (Å²) in [6, 6.07) is 3.55. The van der Waals surface area contributed by atoms with Crippen LogP contribution in [0.4, 0.5) is 4.39 Å². The molecule has 160 valence electrons. The first-order valence-corrected chi connectivity index (χ1v) is 10.5. The highest BCUT2D eigenvalue weighted by atomic mass is 35.5. The van der Waals surface area contributed by atoms with Crippen LogP contribution in [0.5, 0.6) is 0 Å². The number of hydrogen-bond acceptors (Lipinski definition) is 6. The number of fused-ring (bicyclic) bond motifs is 1. The summed E-state index contributed by atoms with van der Waals surface area (Å²) in [7, 11) is 3.05. The molecule has 2 aromatic heterocycles. The van der Waals surface area contributed by atoms with E-state index >= 15 is 0 Å². The van der Waals surface area contributed by atoms with Gasteiger partial charge in [-0.05, 0) is 32.1 Å². The zero-order valence-electron chi connectivity index (χ0n) is 17.1. The Hall–Kier alpha value is -3.04. The lowest BCUT2D eigenvalue weighted by Crippen LogP contribution is -2.40. The largest absolute Gasteiger partial charge is 0.466 e. The number of hydrogen-bond donors (Lipinski definition) is 0. The second-order valence-corrected chi connectivity index (χ2v) is 8.43. The lowest BCUT2D eigenvalue weighted by molar-refractivity contribution is -0.136. The summed E-state index contributed by atoms with van der Waals surface area (Å²) in [5, 5.41) is 4.45. The van der Waals surface area contributed by atoms with Crippen LogP contribution in [0, 0.1) is 12.7 Å². The van der Waals surface area contributed by atoms with E-state index in [0.717, 1.165) is 17.0 Å². The maximum Gasteiger partial charge on any atom is 0.338 e. The zero-order chi connectivity index (χ0) is 22.4. The molecule has 7 nitrogen and oxygen atoms in total. The van der Waals surface area contributed by atoms with Crippen LogP contribution in [0.1, 0.15) is 29.8 Å². The number of methoxy groups -OCH3 is 1. The highest BCUT2D eigenvalue weighted by Gasteiger charge is 2.35. The van der Waals surface area contributed by atoms with Crippen molar-refractivity contribution in [3.8, 4) is 0 Å². The van der Waals surface area contributed by atoms with Crippen LogP contribution >= 0.6 is 22.9 Å². The molecule has 1 aliphatic rings. The highest BCUT2D eigenvalue weighted by Crippen LogP contribution is 2.32. The van der Waals surface area contributed by atoms with Crippen molar-refractivity contribution in [2.75, 3.05) is 7.11 Å². The van der Waals surface area contributed by atoms with E-state index in [-0.39, 0.29) is 20.7 Å².